The van der Waals surface area contributed by atoms with Crippen molar-refractivity contribution in [3.8, 4) is 11.3 Å². The molecule has 1 aromatic carbocycles. The van der Waals surface area contributed by atoms with Crippen LogP contribution in [0.1, 0.15) is 28.4 Å². The molecule has 2 heterocycles. The number of pyridine rings is 1. The van der Waals surface area contributed by atoms with Gasteiger partial charge >= 0.3 is 0 Å². The minimum absolute atomic E-state index is 0.0261. The fraction of sp³-hybridized carbons (Fsp3) is 0.263. The predicted octanol–water partition coefficient (Wildman–Crippen LogP) is 2.93. The second-order valence-electron chi connectivity index (χ2n) is 6.11. The van der Waals surface area contributed by atoms with Crippen LogP contribution in [0.5, 0.6) is 0 Å². The third-order valence-corrected chi connectivity index (χ3v) is 4.25. The fourth-order valence-corrected chi connectivity index (χ4v) is 2.60. The van der Waals surface area contributed by atoms with Gasteiger partial charge in [-0.3, -0.25) is 4.79 Å². The van der Waals surface area contributed by atoms with Crippen LogP contribution < -0.4 is 0 Å². The molecule has 1 amide bonds. The zero-order valence-electron chi connectivity index (χ0n) is 15.0. The highest BCUT2D eigenvalue weighted by Crippen LogP contribution is 2.19. The molecule has 0 aliphatic carbocycles. The van der Waals surface area contributed by atoms with Crippen molar-refractivity contribution in [1.82, 2.24) is 24.9 Å². The first-order valence-electron chi connectivity index (χ1n) is 8.35. The monoisotopic (exact) mass is 353 g/mol. The van der Waals surface area contributed by atoms with Gasteiger partial charge in [-0.25, -0.2) is 9.67 Å². The molecule has 0 aliphatic rings. The van der Waals surface area contributed by atoms with E-state index in [9.17, 15) is 9.18 Å². The van der Waals surface area contributed by atoms with E-state index in [-0.39, 0.29) is 5.91 Å². The van der Waals surface area contributed by atoms with E-state index < -0.39 is 5.95 Å². The molecule has 6 nitrogen and oxygen atoms in total. The summed E-state index contributed by atoms with van der Waals surface area (Å²) < 4.78 is 15.0. The number of aromatic nitrogens is 4. The van der Waals surface area contributed by atoms with E-state index in [4.69, 9.17) is 0 Å². The highest BCUT2D eigenvalue weighted by Gasteiger charge is 2.15. The van der Waals surface area contributed by atoms with Gasteiger partial charge in [-0.1, -0.05) is 23.4 Å². The van der Waals surface area contributed by atoms with Gasteiger partial charge in [-0.05, 0) is 31.5 Å². The summed E-state index contributed by atoms with van der Waals surface area (Å²) in [5.74, 6) is -0.518. The van der Waals surface area contributed by atoms with Gasteiger partial charge in [0, 0.05) is 36.5 Å². The standard InChI is InChI=1S/C19H20FN5O/c1-4-24(3)19(26)16-8-6-5-7-14(16)11-25-12-17(22-23-25)15-9-13(2)18(20)21-10-15/h5-10,12H,4,11H2,1-3H3. The van der Waals surface area contributed by atoms with Crippen LogP contribution in [0.15, 0.2) is 42.7 Å². The molecule has 0 aliphatic heterocycles. The smallest absolute Gasteiger partial charge is 0.253 e. The van der Waals surface area contributed by atoms with Crippen molar-refractivity contribution in [2.75, 3.05) is 13.6 Å². The lowest BCUT2D eigenvalue weighted by molar-refractivity contribution is 0.0801. The molecule has 3 rings (SSSR count). The van der Waals surface area contributed by atoms with Crippen molar-refractivity contribution in [1.29, 1.82) is 0 Å². The molecule has 0 saturated carbocycles. The van der Waals surface area contributed by atoms with Gasteiger partial charge in [-0.2, -0.15) is 4.39 Å². The number of carbonyl (C=O) groups is 1. The summed E-state index contributed by atoms with van der Waals surface area (Å²) in [6.07, 6.45) is 3.20. The van der Waals surface area contributed by atoms with Gasteiger partial charge in [0.25, 0.3) is 5.91 Å². The van der Waals surface area contributed by atoms with Crippen molar-refractivity contribution < 1.29 is 9.18 Å². The zero-order chi connectivity index (χ0) is 18.7. The van der Waals surface area contributed by atoms with Gasteiger partial charge in [0.1, 0.15) is 5.69 Å². The van der Waals surface area contributed by atoms with E-state index in [1.54, 1.807) is 35.8 Å². The van der Waals surface area contributed by atoms with Crippen molar-refractivity contribution >= 4 is 5.91 Å². The Morgan fingerprint density at radius 3 is 2.81 bits per heavy atom. The van der Waals surface area contributed by atoms with E-state index in [0.29, 0.717) is 35.5 Å². The molecule has 0 saturated heterocycles. The number of benzene rings is 1. The molecule has 0 spiro atoms. The van der Waals surface area contributed by atoms with Crippen LogP contribution in [0.25, 0.3) is 11.3 Å². The van der Waals surface area contributed by atoms with Crippen LogP contribution in [-0.2, 0) is 6.54 Å². The largest absolute Gasteiger partial charge is 0.342 e. The van der Waals surface area contributed by atoms with E-state index >= 15 is 0 Å². The number of carbonyl (C=O) groups excluding carboxylic acids is 1. The molecule has 0 unspecified atom stereocenters. The maximum absolute atomic E-state index is 13.3. The normalized spacial score (nSPS) is 10.8. The van der Waals surface area contributed by atoms with Crippen LogP contribution in [0.2, 0.25) is 0 Å². The first-order valence-corrected chi connectivity index (χ1v) is 8.35. The van der Waals surface area contributed by atoms with E-state index in [1.807, 2.05) is 31.2 Å². The second kappa shape index (κ2) is 7.43. The number of hydrogen-bond donors (Lipinski definition) is 0. The summed E-state index contributed by atoms with van der Waals surface area (Å²) in [5, 5.41) is 8.26. The first-order chi connectivity index (χ1) is 12.5. The summed E-state index contributed by atoms with van der Waals surface area (Å²) in [5.41, 5.74) is 3.27. The summed E-state index contributed by atoms with van der Waals surface area (Å²) in [4.78, 5) is 17.9. The van der Waals surface area contributed by atoms with E-state index in [0.717, 1.165) is 5.56 Å². The molecule has 0 atom stereocenters. The Kier molecular flexibility index (Phi) is 5.06. The van der Waals surface area contributed by atoms with E-state index in [2.05, 4.69) is 15.3 Å². The Hall–Kier alpha value is -3.09. The maximum Gasteiger partial charge on any atom is 0.253 e. The zero-order valence-corrected chi connectivity index (χ0v) is 15.0. The fourth-order valence-electron chi connectivity index (χ4n) is 2.60. The Balaban J connectivity index is 1.86. The Labute approximate surface area is 151 Å². The average molecular weight is 353 g/mol. The molecular formula is C19H20FN5O. The predicted molar refractivity (Wildman–Crippen MR) is 96.1 cm³/mol. The lowest BCUT2D eigenvalue weighted by Gasteiger charge is -2.16. The summed E-state index contributed by atoms with van der Waals surface area (Å²) in [7, 11) is 1.77. The van der Waals surface area contributed by atoms with Crippen molar-refractivity contribution in [3.05, 3.63) is 65.4 Å². The van der Waals surface area contributed by atoms with Gasteiger partial charge in [0.2, 0.25) is 5.95 Å². The molecule has 3 aromatic rings. The van der Waals surface area contributed by atoms with Crippen molar-refractivity contribution in [3.63, 3.8) is 0 Å². The number of halogens is 1. The lowest BCUT2D eigenvalue weighted by Crippen LogP contribution is -2.27. The van der Waals surface area contributed by atoms with Crippen molar-refractivity contribution in [2.45, 2.75) is 20.4 Å². The number of hydrogen-bond acceptors (Lipinski definition) is 4. The molecule has 0 bridgehead atoms. The quantitative estimate of drug-likeness (QED) is 0.662. The summed E-state index contributed by atoms with van der Waals surface area (Å²) in [6, 6.07) is 9.14. The van der Waals surface area contributed by atoms with Crippen LogP contribution in [0.4, 0.5) is 4.39 Å². The molecule has 2 aromatic heterocycles. The highest BCUT2D eigenvalue weighted by atomic mass is 19.1. The molecular weight excluding hydrogens is 333 g/mol. The van der Waals surface area contributed by atoms with Crippen LogP contribution >= 0.6 is 0 Å². The summed E-state index contributed by atoms with van der Waals surface area (Å²) in [6.45, 7) is 4.64. The average Bonchev–Trinajstić information content (AvgIpc) is 3.11. The van der Waals surface area contributed by atoms with Crippen molar-refractivity contribution in [2.24, 2.45) is 0 Å². The SMILES string of the molecule is CCN(C)C(=O)c1ccccc1Cn1cc(-c2cnc(F)c(C)c2)nn1. The number of amides is 1. The highest BCUT2D eigenvalue weighted by molar-refractivity contribution is 5.95. The second-order valence-corrected chi connectivity index (χ2v) is 6.11. The maximum atomic E-state index is 13.3. The molecule has 0 fully saturated rings. The Morgan fingerprint density at radius 1 is 1.31 bits per heavy atom. The topological polar surface area (TPSA) is 63.9 Å². The van der Waals surface area contributed by atoms with Gasteiger partial charge in [0.15, 0.2) is 0 Å². The minimum atomic E-state index is -0.492. The van der Waals surface area contributed by atoms with E-state index in [1.165, 1.54) is 6.20 Å². The molecule has 0 N–H and O–H groups in total. The minimum Gasteiger partial charge on any atom is -0.342 e. The van der Waals surface area contributed by atoms with Gasteiger partial charge in [0.05, 0.1) is 12.7 Å². The molecule has 0 radical (unpaired) electrons. The summed E-state index contributed by atoms with van der Waals surface area (Å²) >= 11 is 0. The number of rotatable bonds is 5. The van der Waals surface area contributed by atoms with Crippen LogP contribution in [-0.4, -0.2) is 44.4 Å². The first kappa shape index (κ1) is 17.7. The Bertz CT molecular complexity index is 937. The number of aryl methyl sites for hydroxylation is 1. The van der Waals surface area contributed by atoms with Crippen LogP contribution in [0, 0.1) is 12.9 Å². The lowest BCUT2D eigenvalue weighted by atomic mass is 10.1. The Morgan fingerprint density at radius 2 is 2.08 bits per heavy atom. The van der Waals surface area contributed by atoms with Gasteiger partial charge < -0.3 is 4.90 Å². The number of nitrogens with zero attached hydrogens (tertiary/aromatic N) is 5. The molecule has 26 heavy (non-hydrogen) atoms. The third-order valence-electron chi connectivity index (χ3n) is 4.25. The third kappa shape index (κ3) is 3.61. The van der Waals surface area contributed by atoms with Crippen LogP contribution in [0.3, 0.4) is 0 Å². The molecule has 7 heteroatoms. The molecule has 134 valence electrons. The van der Waals surface area contributed by atoms with Gasteiger partial charge in [-0.15, -0.1) is 5.10 Å².